The van der Waals surface area contributed by atoms with Crippen molar-refractivity contribution < 1.29 is 41.0 Å². The Morgan fingerprint density at radius 1 is 0.974 bits per heavy atom. The molecule has 2 heterocycles. The minimum Gasteiger partial charge on any atom is -0.481 e. The van der Waals surface area contributed by atoms with Gasteiger partial charge < -0.3 is 5.11 Å². The average Bonchev–Trinajstić information content (AvgIpc) is 3.34. The largest absolute Gasteiger partial charge is 0.481 e. The van der Waals surface area contributed by atoms with Crippen LogP contribution in [0.5, 0.6) is 0 Å². The molecule has 212 valence electrons. The third-order valence-electron chi connectivity index (χ3n) is 5.75. The number of unbranched alkanes of at least 4 members (excludes halogenated alkanes) is 2. The lowest BCUT2D eigenvalue weighted by molar-refractivity contribution is -0.143. The molecule has 3 rings (SSSR count). The normalized spacial score (nSPS) is 16.0. The SMILES string of the molecule is CC(C)(C)c1sc(C=C2SC(=S)N(CCCCCC(=O)O)C2=O)cc1-c1cc(C(F)(F)F)cc(C(F)(F)F)c1. The van der Waals surface area contributed by atoms with Crippen molar-refractivity contribution in [2.45, 2.75) is 64.2 Å². The molecule has 0 saturated carbocycles. The van der Waals surface area contributed by atoms with Crippen LogP contribution in [0, 0.1) is 0 Å². The highest BCUT2D eigenvalue weighted by atomic mass is 32.2. The number of carboxylic acid groups (broad SMARTS) is 1. The van der Waals surface area contributed by atoms with Crippen LogP contribution < -0.4 is 0 Å². The number of nitrogens with zero attached hydrogens (tertiary/aromatic N) is 1. The van der Waals surface area contributed by atoms with E-state index in [9.17, 15) is 35.9 Å². The summed E-state index contributed by atoms with van der Waals surface area (Å²) in [6.07, 6.45) is -6.74. The molecule has 1 fully saturated rings. The topological polar surface area (TPSA) is 57.6 Å². The van der Waals surface area contributed by atoms with Gasteiger partial charge in [0.2, 0.25) is 0 Å². The van der Waals surface area contributed by atoms with Crippen LogP contribution in [-0.2, 0) is 27.4 Å². The van der Waals surface area contributed by atoms with Crippen molar-refractivity contribution in [1.82, 2.24) is 4.90 Å². The zero-order valence-electron chi connectivity index (χ0n) is 21.1. The Labute approximate surface area is 235 Å². The zero-order chi connectivity index (χ0) is 29.3. The second-order valence-electron chi connectivity index (χ2n) is 9.97. The van der Waals surface area contributed by atoms with E-state index in [2.05, 4.69) is 0 Å². The molecule has 0 bridgehead atoms. The summed E-state index contributed by atoms with van der Waals surface area (Å²) in [5, 5.41) is 8.73. The third-order valence-corrected chi connectivity index (χ3v) is 8.64. The molecule has 0 unspecified atom stereocenters. The fourth-order valence-electron chi connectivity index (χ4n) is 3.91. The molecule has 0 spiro atoms. The molecule has 1 aromatic heterocycles. The van der Waals surface area contributed by atoms with Gasteiger partial charge in [-0.2, -0.15) is 26.3 Å². The van der Waals surface area contributed by atoms with E-state index in [1.54, 1.807) is 26.8 Å². The number of rotatable bonds is 8. The van der Waals surface area contributed by atoms with E-state index < -0.39 is 34.9 Å². The van der Waals surface area contributed by atoms with Crippen LogP contribution in [0.3, 0.4) is 0 Å². The standard InChI is InChI=1S/C26H25F6NO3S3/c1-24(2,3)21-18(14-9-15(25(27,28)29)11-16(10-14)26(30,31)32)12-17(38-21)13-19-22(36)33(23(37)39-19)8-6-4-5-7-20(34)35/h9-13H,4-8H2,1-3H3,(H,34,35). The summed E-state index contributed by atoms with van der Waals surface area (Å²) >= 11 is 7.56. The molecule has 13 heteroatoms. The molecule has 39 heavy (non-hydrogen) atoms. The zero-order valence-corrected chi connectivity index (χ0v) is 23.6. The monoisotopic (exact) mass is 609 g/mol. The van der Waals surface area contributed by atoms with Crippen LogP contribution in [-0.4, -0.2) is 32.7 Å². The molecule has 4 nitrogen and oxygen atoms in total. The number of alkyl halides is 6. The number of carbonyl (C=O) groups excluding carboxylic acids is 1. The first-order valence-corrected chi connectivity index (χ1v) is 13.8. The van der Waals surface area contributed by atoms with Gasteiger partial charge >= 0.3 is 18.3 Å². The van der Waals surface area contributed by atoms with Crippen LogP contribution in [0.2, 0.25) is 0 Å². The van der Waals surface area contributed by atoms with E-state index in [1.807, 2.05) is 0 Å². The molecule has 2 aromatic rings. The number of carboxylic acids is 1. The molecule has 0 aliphatic carbocycles. The van der Waals surface area contributed by atoms with Crippen LogP contribution in [0.15, 0.2) is 29.2 Å². The van der Waals surface area contributed by atoms with E-state index in [0.29, 0.717) is 56.9 Å². The Hall–Kier alpha value is -2.38. The van der Waals surface area contributed by atoms with Crippen molar-refractivity contribution in [2.24, 2.45) is 0 Å². The highest BCUT2D eigenvalue weighted by molar-refractivity contribution is 8.26. The van der Waals surface area contributed by atoms with Gasteiger partial charge in [-0.25, -0.2) is 0 Å². The lowest BCUT2D eigenvalue weighted by Crippen LogP contribution is -2.29. The van der Waals surface area contributed by atoms with Gasteiger partial charge in [0, 0.05) is 22.7 Å². The van der Waals surface area contributed by atoms with E-state index in [1.165, 1.54) is 22.3 Å². The summed E-state index contributed by atoms with van der Waals surface area (Å²) < 4.78 is 81.3. The van der Waals surface area contributed by atoms with Crippen molar-refractivity contribution in [3.63, 3.8) is 0 Å². The van der Waals surface area contributed by atoms with E-state index in [0.717, 1.165) is 11.8 Å². The average molecular weight is 610 g/mol. The maximum absolute atomic E-state index is 13.5. The van der Waals surface area contributed by atoms with Crippen molar-refractivity contribution in [2.75, 3.05) is 6.54 Å². The molecular weight excluding hydrogens is 584 g/mol. The summed E-state index contributed by atoms with van der Waals surface area (Å²) in [7, 11) is 0. The molecular formula is C26H25F6NO3S3. The highest BCUT2D eigenvalue weighted by Crippen LogP contribution is 2.45. The predicted molar refractivity (Wildman–Crippen MR) is 144 cm³/mol. The number of hydrogen-bond acceptors (Lipinski definition) is 5. The van der Waals surface area contributed by atoms with Gasteiger partial charge in [-0.1, -0.05) is 51.2 Å². The quantitative estimate of drug-likeness (QED) is 0.141. The number of thioether (sulfide) groups is 1. The van der Waals surface area contributed by atoms with Gasteiger partial charge in [0.25, 0.3) is 5.91 Å². The molecule has 0 radical (unpaired) electrons. The number of benzene rings is 1. The Morgan fingerprint density at radius 3 is 2.08 bits per heavy atom. The first-order chi connectivity index (χ1) is 17.9. The van der Waals surface area contributed by atoms with Crippen molar-refractivity contribution in [3.05, 3.63) is 50.1 Å². The minimum absolute atomic E-state index is 0.0332. The Morgan fingerprint density at radius 2 is 1.56 bits per heavy atom. The first kappa shape index (κ1) is 31.2. The number of halogens is 6. The van der Waals surface area contributed by atoms with Gasteiger partial charge in [0.15, 0.2) is 0 Å². The number of aliphatic carboxylic acids is 1. The lowest BCUT2D eigenvalue weighted by Gasteiger charge is -2.20. The van der Waals surface area contributed by atoms with Gasteiger partial charge in [-0.3, -0.25) is 14.5 Å². The summed E-state index contributed by atoms with van der Waals surface area (Å²) in [6.45, 7) is 5.71. The maximum Gasteiger partial charge on any atom is 0.416 e. The summed E-state index contributed by atoms with van der Waals surface area (Å²) in [6, 6.07) is 3.01. The van der Waals surface area contributed by atoms with E-state index in [-0.39, 0.29) is 29.5 Å². The fourth-order valence-corrected chi connectivity index (χ4v) is 6.46. The van der Waals surface area contributed by atoms with Crippen LogP contribution in [0.4, 0.5) is 26.3 Å². The fraction of sp³-hybridized carbons (Fsp3) is 0.423. The first-order valence-electron chi connectivity index (χ1n) is 11.8. The van der Waals surface area contributed by atoms with Gasteiger partial charge in [-0.05, 0) is 59.7 Å². The van der Waals surface area contributed by atoms with Crippen molar-refractivity contribution in [3.8, 4) is 11.1 Å². The molecule has 1 aliphatic rings. The molecule has 1 N–H and O–H groups in total. The summed E-state index contributed by atoms with van der Waals surface area (Å²) in [5.41, 5.74) is -3.41. The second kappa shape index (κ2) is 11.6. The van der Waals surface area contributed by atoms with Crippen molar-refractivity contribution in [1.29, 1.82) is 0 Å². The molecule has 0 atom stereocenters. The maximum atomic E-state index is 13.5. The number of carbonyl (C=O) groups is 2. The molecule has 1 amide bonds. The molecule has 1 saturated heterocycles. The smallest absolute Gasteiger partial charge is 0.416 e. The Balaban J connectivity index is 1.97. The predicted octanol–water partition coefficient (Wildman–Crippen LogP) is 8.60. The van der Waals surface area contributed by atoms with Crippen LogP contribution in [0.1, 0.15) is 67.3 Å². The minimum atomic E-state index is -4.97. The highest BCUT2D eigenvalue weighted by Gasteiger charge is 2.38. The van der Waals surface area contributed by atoms with Crippen LogP contribution in [0.25, 0.3) is 17.2 Å². The van der Waals surface area contributed by atoms with Crippen LogP contribution >= 0.6 is 35.3 Å². The molecule has 1 aliphatic heterocycles. The van der Waals surface area contributed by atoms with Gasteiger partial charge in [0.05, 0.1) is 16.0 Å². The van der Waals surface area contributed by atoms with E-state index in [4.69, 9.17) is 17.3 Å². The Bertz CT molecular complexity index is 1270. The van der Waals surface area contributed by atoms with Gasteiger partial charge in [-0.15, -0.1) is 11.3 Å². The number of thiocarbonyl (C=S) groups is 1. The molecule has 1 aromatic carbocycles. The lowest BCUT2D eigenvalue weighted by atomic mass is 9.88. The van der Waals surface area contributed by atoms with Gasteiger partial charge in [0.1, 0.15) is 4.32 Å². The van der Waals surface area contributed by atoms with E-state index >= 15 is 0 Å². The van der Waals surface area contributed by atoms with Crippen molar-refractivity contribution >= 4 is 57.6 Å². The summed E-state index contributed by atoms with van der Waals surface area (Å²) in [4.78, 5) is 26.4. The second-order valence-corrected chi connectivity index (χ2v) is 12.7. The third kappa shape index (κ3) is 7.85. The summed E-state index contributed by atoms with van der Waals surface area (Å²) in [5.74, 6) is -1.25. The number of amides is 1. The Kier molecular flexibility index (Phi) is 9.28. The number of thiophene rings is 1. The number of hydrogen-bond donors (Lipinski definition) is 1.